The van der Waals surface area contributed by atoms with Crippen LogP contribution in [-0.2, 0) is 6.42 Å². The van der Waals surface area contributed by atoms with Crippen LogP contribution >= 0.6 is 0 Å². The summed E-state index contributed by atoms with van der Waals surface area (Å²) in [6.45, 7) is 5.95. The summed E-state index contributed by atoms with van der Waals surface area (Å²) >= 11 is 0. The predicted octanol–water partition coefficient (Wildman–Crippen LogP) is 3.23. The van der Waals surface area contributed by atoms with Crippen molar-refractivity contribution in [1.82, 2.24) is 0 Å². The molecule has 1 heteroatoms. The molecule has 1 unspecified atom stereocenters. The number of hydrogen-bond donors (Lipinski definition) is 0. The Kier molecular flexibility index (Phi) is 3.27. The Hall–Kier alpha value is -0.850. The highest BCUT2D eigenvalue weighted by molar-refractivity contribution is 5.16. The normalized spacial score (nSPS) is 10.7. The van der Waals surface area contributed by atoms with Crippen molar-refractivity contribution in [1.29, 1.82) is 0 Å². The van der Waals surface area contributed by atoms with Crippen LogP contribution in [-0.4, -0.2) is 0 Å². The van der Waals surface area contributed by atoms with Gasteiger partial charge in [-0.05, 0) is 36.5 Å². The summed E-state index contributed by atoms with van der Waals surface area (Å²) in [7, 11) is 0. The molecule has 0 heterocycles. The maximum absolute atomic E-state index is 12.7. The average Bonchev–Trinajstić information content (AvgIpc) is 2.01. The van der Waals surface area contributed by atoms with Gasteiger partial charge in [-0.3, -0.25) is 0 Å². The molecule has 12 heavy (non-hydrogen) atoms. The molecular weight excluding hydrogens is 151 g/mol. The van der Waals surface area contributed by atoms with Gasteiger partial charge in [0.05, 0.1) is 0 Å². The van der Waals surface area contributed by atoms with Gasteiger partial charge in [0.1, 0.15) is 5.82 Å². The number of rotatable bonds is 3. The fourth-order valence-corrected chi connectivity index (χ4v) is 1.11. The highest BCUT2D eigenvalue weighted by Crippen LogP contribution is 2.09. The van der Waals surface area contributed by atoms with E-state index in [-0.39, 0.29) is 5.82 Å². The van der Waals surface area contributed by atoms with Crippen LogP contribution in [0.4, 0.5) is 4.39 Å². The standard InChI is InChI=1S/C11H14F/c1-9(2)6-7-10-4-3-5-11(12)8-10/h3-5,8-9H,1,6-7H2,2H3. The fraction of sp³-hybridized carbons (Fsp3) is 0.364. The first-order valence-electron chi connectivity index (χ1n) is 4.26. The molecule has 1 radical (unpaired) electrons. The van der Waals surface area contributed by atoms with E-state index in [1.165, 1.54) is 6.07 Å². The summed E-state index contributed by atoms with van der Waals surface area (Å²) in [6.07, 6.45) is 1.94. The number of benzene rings is 1. The van der Waals surface area contributed by atoms with Gasteiger partial charge in [0, 0.05) is 0 Å². The van der Waals surface area contributed by atoms with E-state index in [0.717, 1.165) is 18.4 Å². The summed E-state index contributed by atoms with van der Waals surface area (Å²) < 4.78 is 12.7. The SMILES string of the molecule is [CH2]C(C)CCc1cccc(F)c1. The van der Waals surface area contributed by atoms with E-state index in [9.17, 15) is 4.39 Å². The van der Waals surface area contributed by atoms with Crippen molar-refractivity contribution in [3.8, 4) is 0 Å². The maximum atomic E-state index is 12.7. The molecule has 0 fully saturated rings. The summed E-state index contributed by atoms with van der Waals surface area (Å²) in [6, 6.07) is 6.75. The van der Waals surface area contributed by atoms with Crippen molar-refractivity contribution in [2.24, 2.45) is 5.92 Å². The van der Waals surface area contributed by atoms with E-state index in [1.54, 1.807) is 12.1 Å². The molecule has 1 aromatic carbocycles. The topological polar surface area (TPSA) is 0 Å². The molecule has 65 valence electrons. The van der Waals surface area contributed by atoms with Crippen LogP contribution in [0, 0.1) is 18.7 Å². The second-order valence-corrected chi connectivity index (χ2v) is 3.27. The molecule has 0 aliphatic heterocycles. The monoisotopic (exact) mass is 165 g/mol. The van der Waals surface area contributed by atoms with Crippen molar-refractivity contribution in [3.05, 3.63) is 42.6 Å². The highest BCUT2D eigenvalue weighted by Gasteiger charge is 1.97. The molecule has 0 bridgehead atoms. The van der Waals surface area contributed by atoms with Gasteiger partial charge in [0.25, 0.3) is 0 Å². The van der Waals surface area contributed by atoms with Crippen LogP contribution in [0.3, 0.4) is 0 Å². The minimum atomic E-state index is -0.149. The molecule has 1 rings (SSSR count). The van der Waals surface area contributed by atoms with Crippen LogP contribution < -0.4 is 0 Å². The Balaban J connectivity index is 2.52. The van der Waals surface area contributed by atoms with Crippen molar-refractivity contribution < 1.29 is 4.39 Å². The largest absolute Gasteiger partial charge is 0.207 e. The van der Waals surface area contributed by atoms with Crippen molar-refractivity contribution in [2.45, 2.75) is 19.8 Å². The fourth-order valence-electron chi connectivity index (χ4n) is 1.11. The Bertz CT molecular complexity index is 241. The number of aryl methyl sites for hydroxylation is 1. The first-order valence-corrected chi connectivity index (χ1v) is 4.26. The van der Waals surface area contributed by atoms with Gasteiger partial charge in [0.15, 0.2) is 0 Å². The summed E-state index contributed by atoms with van der Waals surface area (Å²) in [4.78, 5) is 0. The van der Waals surface area contributed by atoms with E-state index in [2.05, 4.69) is 13.8 Å². The molecule has 1 atom stereocenters. The zero-order chi connectivity index (χ0) is 8.97. The van der Waals surface area contributed by atoms with Crippen LogP contribution in [0.2, 0.25) is 0 Å². The van der Waals surface area contributed by atoms with E-state index in [1.807, 2.05) is 6.07 Å². The quantitative estimate of drug-likeness (QED) is 0.645. The molecule has 0 aromatic heterocycles. The average molecular weight is 165 g/mol. The van der Waals surface area contributed by atoms with Crippen molar-refractivity contribution in [2.75, 3.05) is 0 Å². The minimum absolute atomic E-state index is 0.149. The summed E-state index contributed by atoms with van der Waals surface area (Å²) in [5, 5.41) is 0. The van der Waals surface area contributed by atoms with Gasteiger partial charge in [-0.1, -0.05) is 26.0 Å². The zero-order valence-electron chi connectivity index (χ0n) is 7.39. The van der Waals surface area contributed by atoms with Gasteiger partial charge >= 0.3 is 0 Å². The third kappa shape index (κ3) is 3.04. The maximum Gasteiger partial charge on any atom is 0.123 e. The van der Waals surface area contributed by atoms with Gasteiger partial charge < -0.3 is 0 Å². The number of hydrogen-bond acceptors (Lipinski definition) is 0. The first-order chi connectivity index (χ1) is 5.68. The predicted molar refractivity (Wildman–Crippen MR) is 49.2 cm³/mol. The summed E-state index contributed by atoms with van der Waals surface area (Å²) in [5.74, 6) is 0.289. The van der Waals surface area contributed by atoms with Crippen LogP contribution in [0.5, 0.6) is 0 Å². The zero-order valence-corrected chi connectivity index (χ0v) is 7.39. The van der Waals surface area contributed by atoms with E-state index in [4.69, 9.17) is 0 Å². The third-order valence-electron chi connectivity index (χ3n) is 1.81. The molecule has 0 aliphatic carbocycles. The smallest absolute Gasteiger partial charge is 0.123 e. The minimum Gasteiger partial charge on any atom is -0.207 e. The molecule has 0 saturated heterocycles. The second kappa shape index (κ2) is 4.24. The lowest BCUT2D eigenvalue weighted by atomic mass is 10.0. The van der Waals surface area contributed by atoms with E-state index in [0.29, 0.717) is 5.92 Å². The van der Waals surface area contributed by atoms with E-state index < -0.39 is 0 Å². The second-order valence-electron chi connectivity index (χ2n) is 3.27. The molecule has 0 nitrogen and oxygen atoms in total. The molecule has 0 aliphatic rings. The molecular formula is C11H14F. The van der Waals surface area contributed by atoms with Gasteiger partial charge in [-0.2, -0.15) is 0 Å². The lowest BCUT2D eigenvalue weighted by Gasteiger charge is -2.03. The molecule has 0 amide bonds. The molecule has 0 N–H and O–H groups in total. The highest BCUT2D eigenvalue weighted by atomic mass is 19.1. The molecule has 0 saturated carbocycles. The lowest BCUT2D eigenvalue weighted by molar-refractivity contribution is 0.615. The van der Waals surface area contributed by atoms with Crippen molar-refractivity contribution >= 4 is 0 Å². The summed E-state index contributed by atoms with van der Waals surface area (Å²) in [5.41, 5.74) is 1.06. The molecule has 1 aromatic rings. The Morgan fingerprint density at radius 2 is 2.25 bits per heavy atom. The molecule has 0 spiro atoms. The van der Waals surface area contributed by atoms with Gasteiger partial charge in [0.2, 0.25) is 0 Å². The van der Waals surface area contributed by atoms with Crippen LogP contribution in [0.1, 0.15) is 18.9 Å². The number of halogens is 1. The lowest BCUT2D eigenvalue weighted by Crippen LogP contribution is -1.92. The first kappa shape index (κ1) is 9.24. The Labute approximate surface area is 73.4 Å². The van der Waals surface area contributed by atoms with Gasteiger partial charge in [-0.25, -0.2) is 4.39 Å². The van der Waals surface area contributed by atoms with Crippen LogP contribution in [0.25, 0.3) is 0 Å². The van der Waals surface area contributed by atoms with Crippen LogP contribution in [0.15, 0.2) is 24.3 Å². The van der Waals surface area contributed by atoms with E-state index >= 15 is 0 Å². The van der Waals surface area contributed by atoms with Crippen molar-refractivity contribution in [3.63, 3.8) is 0 Å². The third-order valence-corrected chi connectivity index (χ3v) is 1.81. The Morgan fingerprint density at radius 1 is 1.50 bits per heavy atom. The van der Waals surface area contributed by atoms with Gasteiger partial charge in [-0.15, -0.1) is 0 Å². The Morgan fingerprint density at radius 3 is 2.83 bits per heavy atom.